The molecule has 0 spiro atoms. The van der Waals surface area contributed by atoms with E-state index in [-0.39, 0.29) is 5.75 Å². The molecule has 2 rings (SSSR count). The molecule has 0 amide bonds. The monoisotopic (exact) mass is 411 g/mol. The molecule has 1 N–H and O–H groups in total. The molecule has 0 aliphatic rings. The van der Waals surface area contributed by atoms with Crippen LogP contribution in [0.5, 0.6) is 5.75 Å². The van der Waals surface area contributed by atoms with Gasteiger partial charge < -0.3 is 5.11 Å². The number of hydrogen-bond acceptors (Lipinski definition) is 2. The van der Waals surface area contributed by atoms with Gasteiger partial charge in [0, 0.05) is 16.0 Å². The minimum absolute atomic E-state index is 0.287. The van der Waals surface area contributed by atoms with Crippen LogP contribution in [0.15, 0.2) is 24.4 Å². The van der Waals surface area contributed by atoms with Crippen LogP contribution in [0.3, 0.4) is 0 Å². The van der Waals surface area contributed by atoms with Gasteiger partial charge in [-0.25, -0.2) is 0 Å². The zero-order chi connectivity index (χ0) is 10.1. The third-order valence-corrected chi connectivity index (χ3v) is 3.69. The fourth-order valence-electron chi connectivity index (χ4n) is 1.38. The second-order valence-corrected chi connectivity index (χ2v) is 4.82. The van der Waals surface area contributed by atoms with Crippen LogP contribution in [0, 0.1) is 3.57 Å². The minimum Gasteiger partial charge on any atom is -0.505 e. The van der Waals surface area contributed by atoms with Crippen LogP contribution >= 0.6 is 45.2 Å². The lowest BCUT2D eigenvalue weighted by atomic mass is 10.1. The maximum absolute atomic E-state index is 9.81. The quantitative estimate of drug-likeness (QED) is 0.576. The Kier molecular flexibility index (Phi) is 3.10. The van der Waals surface area contributed by atoms with Crippen LogP contribution in [0.4, 0.5) is 0 Å². The van der Waals surface area contributed by atoms with Crippen molar-refractivity contribution in [3.05, 3.63) is 33.5 Å². The first kappa shape index (κ1) is 10.4. The maximum atomic E-state index is 9.81. The number of alkyl halides is 1. The normalized spacial score (nSPS) is 10.7. The lowest BCUT2D eigenvalue weighted by Crippen LogP contribution is -1.88. The lowest BCUT2D eigenvalue weighted by molar-refractivity contribution is 0.476. The number of pyridine rings is 1. The number of benzene rings is 1. The zero-order valence-corrected chi connectivity index (χ0v) is 11.5. The summed E-state index contributed by atoms with van der Waals surface area (Å²) >= 11 is 4.45. The number of aromatic nitrogens is 1. The summed E-state index contributed by atoms with van der Waals surface area (Å²) in [5.41, 5.74) is 1.92. The lowest BCUT2D eigenvalue weighted by Gasteiger charge is -2.06. The second-order valence-electron chi connectivity index (χ2n) is 2.90. The fourth-order valence-corrected chi connectivity index (χ4v) is 2.64. The Morgan fingerprint density at radius 2 is 2.21 bits per heavy atom. The zero-order valence-electron chi connectivity index (χ0n) is 7.17. The number of phenols is 1. The van der Waals surface area contributed by atoms with E-state index in [0.717, 1.165) is 13.4 Å². The van der Waals surface area contributed by atoms with E-state index in [4.69, 9.17) is 0 Å². The van der Waals surface area contributed by atoms with E-state index in [1.807, 2.05) is 18.2 Å². The number of nitrogens with zero attached hydrogens (tertiary/aromatic N) is 1. The van der Waals surface area contributed by atoms with Gasteiger partial charge in [-0.1, -0.05) is 28.7 Å². The first-order valence-electron chi connectivity index (χ1n) is 4.05. The highest BCUT2D eigenvalue weighted by Gasteiger charge is 2.09. The molecule has 4 heteroatoms. The van der Waals surface area contributed by atoms with Gasteiger partial charge in [0.05, 0.1) is 3.57 Å². The summed E-state index contributed by atoms with van der Waals surface area (Å²) in [6, 6.07) is 5.89. The predicted molar refractivity (Wildman–Crippen MR) is 73.8 cm³/mol. The van der Waals surface area contributed by atoms with E-state index < -0.39 is 0 Å². The van der Waals surface area contributed by atoms with Crippen LogP contribution in [-0.2, 0) is 4.43 Å². The summed E-state index contributed by atoms with van der Waals surface area (Å²) in [4.78, 5) is 4.19. The molecular formula is C10H7I2NO. The van der Waals surface area contributed by atoms with Gasteiger partial charge in [-0.05, 0) is 40.3 Å². The maximum Gasteiger partial charge on any atom is 0.155 e. The molecule has 2 aromatic rings. The van der Waals surface area contributed by atoms with Crippen molar-refractivity contribution >= 4 is 56.1 Å². The largest absolute Gasteiger partial charge is 0.505 e. The van der Waals surface area contributed by atoms with Crippen LogP contribution in [0.2, 0.25) is 0 Å². The molecule has 0 fully saturated rings. The molecule has 1 heterocycles. The van der Waals surface area contributed by atoms with Gasteiger partial charge in [-0.15, -0.1) is 0 Å². The predicted octanol–water partition coefficient (Wildman–Crippen LogP) is 3.48. The van der Waals surface area contributed by atoms with E-state index in [2.05, 4.69) is 50.2 Å². The third kappa shape index (κ3) is 1.69. The van der Waals surface area contributed by atoms with Crippen molar-refractivity contribution in [1.29, 1.82) is 0 Å². The topological polar surface area (TPSA) is 33.1 Å². The SMILES string of the molecule is Oc1c(I)cc(CI)c2cccnc12. The molecule has 0 radical (unpaired) electrons. The Morgan fingerprint density at radius 1 is 1.43 bits per heavy atom. The molecule has 1 aromatic carbocycles. The number of rotatable bonds is 1. The van der Waals surface area contributed by atoms with E-state index in [1.54, 1.807) is 6.20 Å². The van der Waals surface area contributed by atoms with E-state index in [0.29, 0.717) is 5.52 Å². The average Bonchev–Trinajstić information content (AvgIpc) is 2.23. The highest BCUT2D eigenvalue weighted by molar-refractivity contribution is 14.1. The number of hydrogen-bond donors (Lipinski definition) is 1. The summed E-state index contributed by atoms with van der Waals surface area (Å²) in [7, 11) is 0. The molecule has 72 valence electrons. The molecular weight excluding hydrogens is 404 g/mol. The van der Waals surface area contributed by atoms with Crippen molar-refractivity contribution in [2.24, 2.45) is 0 Å². The first-order valence-corrected chi connectivity index (χ1v) is 6.65. The highest BCUT2D eigenvalue weighted by Crippen LogP contribution is 2.31. The van der Waals surface area contributed by atoms with Crippen molar-refractivity contribution in [2.45, 2.75) is 4.43 Å². The van der Waals surface area contributed by atoms with Gasteiger partial charge in [0.15, 0.2) is 5.75 Å². The van der Waals surface area contributed by atoms with Crippen molar-refractivity contribution in [2.75, 3.05) is 0 Å². The summed E-state index contributed by atoms with van der Waals surface area (Å²) < 4.78 is 1.79. The molecule has 2 nitrogen and oxygen atoms in total. The molecule has 0 saturated carbocycles. The van der Waals surface area contributed by atoms with Crippen LogP contribution < -0.4 is 0 Å². The van der Waals surface area contributed by atoms with Gasteiger partial charge in [0.2, 0.25) is 0 Å². The number of aromatic hydroxyl groups is 1. The molecule has 14 heavy (non-hydrogen) atoms. The second kappa shape index (κ2) is 4.18. The van der Waals surface area contributed by atoms with Crippen LogP contribution in [0.25, 0.3) is 10.9 Å². The third-order valence-electron chi connectivity index (χ3n) is 2.05. The van der Waals surface area contributed by atoms with Crippen molar-refractivity contribution in [3.63, 3.8) is 0 Å². The van der Waals surface area contributed by atoms with Gasteiger partial charge in [0.25, 0.3) is 0 Å². The molecule has 0 bridgehead atoms. The Balaban J connectivity index is 2.89. The van der Waals surface area contributed by atoms with Crippen LogP contribution in [-0.4, -0.2) is 10.1 Å². The Bertz CT molecular complexity index is 485. The minimum atomic E-state index is 0.287. The standard InChI is InChI=1S/C10H7I2NO/c11-5-6-4-8(12)10(14)9-7(6)2-1-3-13-9/h1-4,14H,5H2. The Labute approximate surface area is 109 Å². The van der Waals surface area contributed by atoms with Gasteiger partial charge in [-0.2, -0.15) is 0 Å². The van der Waals surface area contributed by atoms with Crippen LogP contribution in [0.1, 0.15) is 5.56 Å². The number of phenolic OH excluding ortho intramolecular Hbond substituents is 1. The molecule has 0 aliphatic carbocycles. The van der Waals surface area contributed by atoms with E-state index in [9.17, 15) is 5.11 Å². The summed E-state index contributed by atoms with van der Waals surface area (Å²) in [6.07, 6.45) is 1.70. The van der Waals surface area contributed by atoms with Gasteiger partial charge in [-0.3, -0.25) is 4.98 Å². The smallest absolute Gasteiger partial charge is 0.155 e. The highest BCUT2D eigenvalue weighted by atomic mass is 127. The number of halogens is 2. The van der Waals surface area contributed by atoms with E-state index >= 15 is 0 Å². The molecule has 0 atom stereocenters. The summed E-state index contributed by atoms with van der Waals surface area (Å²) in [5.74, 6) is 0.287. The first-order chi connectivity index (χ1) is 6.74. The summed E-state index contributed by atoms with van der Waals surface area (Å²) in [6.45, 7) is 0. The van der Waals surface area contributed by atoms with Crippen molar-refractivity contribution < 1.29 is 5.11 Å². The van der Waals surface area contributed by atoms with Gasteiger partial charge in [0.1, 0.15) is 5.52 Å². The molecule has 0 unspecified atom stereocenters. The van der Waals surface area contributed by atoms with Gasteiger partial charge >= 0.3 is 0 Å². The summed E-state index contributed by atoms with van der Waals surface area (Å²) in [5, 5.41) is 10.8. The Hall–Kier alpha value is -0.110. The molecule has 1 aromatic heterocycles. The van der Waals surface area contributed by atoms with E-state index in [1.165, 1.54) is 5.56 Å². The molecule has 0 aliphatic heterocycles. The van der Waals surface area contributed by atoms with Crippen molar-refractivity contribution in [1.82, 2.24) is 4.98 Å². The molecule has 0 saturated heterocycles. The number of fused-ring (bicyclic) bond motifs is 1. The fraction of sp³-hybridized carbons (Fsp3) is 0.100. The Morgan fingerprint density at radius 3 is 2.93 bits per heavy atom. The van der Waals surface area contributed by atoms with Crippen molar-refractivity contribution in [3.8, 4) is 5.75 Å². The average molecular weight is 411 g/mol.